The minimum atomic E-state index is -3.23. The second kappa shape index (κ2) is 3.41. The molecule has 2 atom stereocenters. The van der Waals surface area contributed by atoms with E-state index < -0.39 is 19.6 Å². The number of hydrogen-bond donors (Lipinski definition) is 1. The molecule has 3 nitrogen and oxygen atoms in total. The Morgan fingerprint density at radius 2 is 2.00 bits per heavy atom. The third kappa shape index (κ3) is 2.16. The van der Waals surface area contributed by atoms with Crippen molar-refractivity contribution in [2.24, 2.45) is 0 Å². The number of aliphatic hydroxyl groups excluding tert-OH is 1. The van der Waals surface area contributed by atoms with Crippen LogP contribution in [0.1, 0.15) is 20.8 Å². The van der Waals surface area contributed by atoms with Gasteiger partial charge in [-0.15, -0.1) is 0 Å². The summed E-state index contributed by atoms with van der Waals surface area (Å²) in [6.45, 7) is 4.45. The first-order valence-electron chi connectivity index (χ1n) is 3.35. The average molecular weight is 245 g/mol. The highest BCUT2D eigenvalue weighted by Gasteiger charge is 2.39. The van der Waals surface area contributed by atoms with Crippen molar-refractivity contribution in [2.45, 2.75) is 30.5 Å². The zero-order chi connectivity index (χ0) is 9.28. The number of sulfone groups is 1. The first kappa shape index (κ1) is 11.4. The predicted molar refractivity (Wildman–Crippen MR) is 48.5 cm³/mol. The van der Waals surface area contributed by atoms with E-state index in [0.29, 0.717) is 0 Å². The van der Waals surface area contributed by atoms with Crippen LogP contribution in [0.4, 0.5) is 0 Å². The van der Waals surface area contributed by atoms with Gasteiger partial charge < -0.3 is 5.11 Å². The lowest BCUT2D eigenvalue weighted by molar-refractivity contribution is 0.184. The molecule has 0 heterocycles. The first-order valence-corrected chi connectivity index (χ1v) is 5.79. The maximum absolute atomic E-state index is 11.3. The Hall–Kier alpha value is 0.390. The molecule has 0 aromatic heterocycles. The fraction of sp³-hybridized carbons (Fsp3) is 1.00. The Bertz CT molecular complexity index is 218. The van der Waals surface area contributed by atoms with Crippen LogP contribution in [-0.4, -0.2) is 29.0 Å². The Balaban J connectivity index is 4.85. The molecule has 1 N–H and O–H groups in total. The summed E-state index contributed by atoms with van der Waals surface area (Å²) in [5.41, 5.74) is 0. The van der Waals surface area contributed by atoms with Gasteiger partial charge in [-0.3, -0.25) is 0 Å². The number of alkyl halides is 1. The third-order valence-electron chi connectivity index (χ3n) is 1.73. The van der Waals surface area contributed by atoms with Crippen LogP contribution in [0.2, 0.25) is 0 Å². The van der Waals surface area contributed by atoms with Crippen molar-refractivity contribution in [3.63, 3.8) is 0 Å². The van der Waals surface area contributed by atoms with Crippen molar-refractivity contribution in [3.05, 3.63) is 0 Å². The van der Waals surface area contributed by atoms with Crippen LogP contribution in [0.15, 0.2) is 0 Å². The monoisotopic (exact) mass is 244 g/mol. The molecule has 0 aliphatic heterocycles. The standard InChI is InChI=1S/C6H13BrO3S/c1-4-11(9,10)6(3,7)5(2)8/h5,8H,4H2,1-3H3/t5-,6-/m1/s1. The van der Waals surface area contributed by atoms with Crippen molar-refractivity contribution in [1.29, 1.82) is 0 Å². The second-order valence-electron chi connectivity index (χ2n) is 2.57. The minimum Gasteiger partial charge on any atom is -0.391 e. The van der Waals surface area contributed by atoms with Gasteiger partial charge in [0.1, 0.15) is 3.66 Å². The van der Waals surface area contributed by atoms with E-state index in [-0.39, 0.29) is 5.75 Å². The molecule has 0 amide bonds. The van der Waals surface area contributed by atoms with Crippen LogP contribution < -0.4 is 0 Å². The molecule has 68 valence electrons. The Labute approximate surface area is 75.9 Å². The van der Waals surface area contributed by atoms with Gasteiger partial charge in [-0.05, 0) is 13.8 Å². The molecule has 0 unspecified atom stereocenters. The Morgan fingerprint density at radius 1 is 1.64 bits per heavy atom. The summed E-state index contributed by atoms with van der Waals surface area (Å²) in [7, 11) is -3.23. The topological polar surface area (TPSA) is 54.4 Å². The lowest BCUT2D eigenvalue weighted by atomic mass is 10.3. The normalized spacial score (nSPS) is 20.8. The van der Waals surface area contributed by atoms with Gasteiger partial charge in [0.2, 0.25) is 0 Å². The van der Waals surface area contributed by atoms with Crippen LogP contribution in [-0.2, 0) is 9.84 Å². The summed E-state index contributed by atoms with van der Waals surface area (Å²) < 4.78 is 21.3. The van der Waals surface area contributed by atoms with E-state index >= 15 is 0 Å². The van der Waals surface area contributed by atoms with Gasteiger partial charge in [0.25, 0.3) is 0 Å². The molecule has 5 heteroatoms. The Morgan fingerprint density at radius 3 is 2.09 bits per heavy atom. The SMILES string of the molecule is CCS(=O)(=O)[C@@](C)(Br)[C@@H](C)O. The van der Waals surface area contributed by atoms with E-state index in [9.17, 15) is 8.42 Å². The van der Waals surface area contributed by atoms with Gasteiger partial charge in [-0.2, -0.15) is 0 Å². The molecule has 0 rings (SSSR count). The van der Waals surface area contributed by atoms with Crippen LogP contribution in [0.25, 0.3) is 0 Å². The van der Waals surface area contributed by atoms with E-state index in [4.69, 9.17) is 5.11 Å². The van der Waals surface area contributed by atoms with Crippen molar-refractivity contribution in [3.8, 4) is 0 Å². The van der Waals surface area contributed by atoms with E-state index in [1.807, 2.05) is 0 Å². The molecule has 0 radical (unpaired) electrons. The zero-order valence-corrected chi connectivity index (χ0v) is 9.24. The van der Waals surface area contributed by atoms with Gasteiger partial charge in [0.15, 0.2) is 9.84 Å². The van der Waals surface area contributed by atoms with Gasteiger partial charge in [0.05, 0.1) is 6.10 Å². The van der Waals surface area contributed by atoms with Crippen LogP contribution in [0.3, 0.4) is 0 Å². The predicted octanol–water partition coefficient (Wildman–Crippen LogP) is 0.913. The van der Waals surface area contributed by atoms with Gasteiger partial charge in [-0.25, -0.2) is 8.42 Å². The second-order valence-corrected chi connectivity index (χ2v) is 7.39. The van der Waals surface area contributed by atoms with Crippen LogP contribution >= 0.6 is 15.9 Å². The highest BCUT2D eigenvalue weighted by Crippen LogP contribution is 2.29. The first-order chi connectivity index (χ1) is 4.75. The smallest absolute Gasteiger partial charge is 0.167 e. The van der Waals surface area contributed by atoms with E-state index in [1.54, 1.807) is 6.92 Å². The van der Waals surface area contributed by atoms with Crippen molar-refractivity contribution >= 4 is 25.8 Å². The highest BCUT2D eigenvalue weighted by molar-refractivity contribution is 9.11. The summed E-state index contributed by atoms with van der Waals surface area (Å²) in [6, 6.07) is 0. The molecule has 0 aromatic rings. The molecule has 0 fully saturated rings. The Kier molecular flexibility index (Phi) is 3.53. The van der Waals surface area contributed by atoms with Crippen LogP contribution in [0.5, 0.6) is 0 Å². The maximum Gasteiger partial charge on any atom is 0.167 e. The minimum absolute atomic E-state index is 0.0274. The van der Waals surface area contributed by atoms with Gasteiger partial charge in [0, 0.05) is 5.75 Å². The van der Waals surface area contributed by atoms with E-state index in [2.05, 4.69) is 15.9 Å². The average Bonchev–Trinajstić information content (AvgIpc) is 1.87. The number of rotatable bonds is 3. The molecule has 0 spiro atoms. The summed E-state index contributed by atoms with van der Waals surface area (Å²) in [5.74, 6) is 0.0274. The van der Waals surface area contributed by atoms with E-state index in [0.717, 1.165) is 0 Å². The largest absolute Gasteiger partial charge is 0.391 e. The summed E-state index contributed by atoms with van der Waals surface area (Å²) >= 11 is 2.99. The maximum atomic E-state index is 11.3. The number of aliphatic hydroxyl groups is 1. The fourth-order valence-electron chi connectivity index (χ4n) is 0.542. The molecule has 0 aliphatic carbocycles. The molecule has 0 saturated heterocycles. The number of halogens is 1. The zero-order valence-electron chi connectivity index (χ0n) is 6.83. The molecule has 0 saturated carbocycles. The fourth-order valence-corrected chi connectivity index (χ4v) is 2.31. The van der Waals surface area contributed by atoms with Crippen molar-refractivity contribution in [2.75, 3.05) is 5.75 Å². The van der Waals surface area contributed by atoms with Crippen LogP contribution in [0, 0.1) is 0 Å². The summed E-state index contributed by atoms with van der Waals surface area (Å²) in [5, 5.41) is 9.12. The lowest BCUT2D eigenvalue weighted by Gasteiger charge is -2.24. The van der Waals surface area contributed by atoms with E-state index in [1.165, 1.54) is 13.8 Å². The summed E-state index contributed by atoms with van der Waals surface area (Å²) in [6.07, 6.45) is -0.910. The lowest BCUT2D eigenvalue weighted by Crippen LogP contribution is -2.40. The number of hydrogen-bond acceptors (Lipinski definition) is 3. The van der Waals surface area contributed by atoms with Crippen molar-refractivity contribution in [1.82, 2.24) is 0 Å². The third-order valence-corrected chi connectivity index (χ3v) is 6.19. The summed E-state index contributed by atoms with van der Waals surface area (Å²) in [4.78, 5) is 0. The highest BCUT2D eigenvalue weighted by atomic mass is 79.9. The quantitative estimate of drug-likeness (QED) is 0.752. The molecule has 0 bridgehead atoms. The molecule has 0 aromatic carbocycles. The molecule has 0 aliphatic rings. The molecular weight excluding hydrogens is 232 g/mol. The van der Waals surface area contributed by atoms with Gasteiger partial charge in [-0.1, -0.05) is 22.9 Å². The molecular formula is C6H13BrO3S. The van der Waals surface area contributed by atoms with Crippen molar-refractivity contribution < 1.29 is 13.5 Å². The van der Waals surface area contributed by atoms with Gasteiger partial charge >= 0.3 is 0 Å². The molecule has 11 heavy (non-hydrogen) atoms.